The fourth-order valence-corrected chi connectivity index (χ4v) is 3.22. The third-order valence-corrected chi connectivity index (χ3v) is 4.70. The lowest BCUT2D eigenvalue weighted by Crippen LogP contribution is -2.33. The molecule has 1 aromatic rings. The van der Waals surface area contributed by atoms with Crippen molar-refractivity contribution in [2.75, 3.05) is 18.8 Å². The highest BCUT2D eigenvalue weighted by Gasteiger charge is 2.28. The lowest BCUT2D eigenvalue weighted by Gasteiger charge is -2.23. The molecule has 1 atom stereocenters. The largest absolute Gasteiger partial charge is 0.390 e. The lowest BCUT2D eigenvalue weighted by atomic mass is 9.98. The van der Waals surface area contributed by atoms with Gasteiger partial charge in [0.2, 0.25) is 0 Å². The number of carbonyl (C=O) groups excluding carboxylic acids is 1. The van der Waals surface area contributed by atoms with E-state index in [1.54, 1.807) is 0 Å². The number of aliphatic hydroxyl groups is 1. The molecule has 0 saturated carbocycles. The Labute approximate surface area is 129 Å². The molecule has 1 unspecified atom stereocenters. The Morgan fingerprint density at radius 3 is 2.95 bits per heavy atom. The first-order chi connectivity index (χ1) is 10.0. The molecule has 1 fully saturated rings. The number of hydrogen-bond donors (Lipinski definition) is 1. The zero-order valence-corrected chi connectivity index (χ0v) is 13.0. The van der Waals surface area contributed by atoms with Crippen molar-refractivity contribution >= 4 is 17.7 Å². The van der Waals surface area contributed by atoms with Crippen LogP contribution in [0.5, 0.6) is 0 Å². The number of benzene rings is 1. The molecule has 0 spiro atoms. The lowest BCUT2D eigenvalue weighted by molar-refractivity contribution is 0.0437. The first kappa shape index (κ1) is 15.9. The SMILES string of the molecule is CC1(O)CCCN(C(=O)c2ccccc2SCC#N)CC1. The molecule has 1 heterocycles. The van der Waals surface area contributed by atoms with Crippen molar-refractivity contribution in [1.82, 2.24) is 4.90 Å². The van der Waals surface area contributed by atoms with Crippen molar-refractivity contribution in [1.29, 1.82) is 5.26 Å². The molecule has 0 aromatic heterocycles. The predicted octanol–water partition coefficient (Wildman–Crippen LogP) is 2.68. The average Bonchev–Trinajstić information content (AvgIpc) is 2.65. The van der Waals surface area contributed by atoms with Gasteiger partial charge in [-0.1, -0.05) is 12.1 Å². The number of carbonyl (C=O) groups is 1. The highest BCUT2D eigenvalue weighted by Crippen LogP contribution is 2.26. The molecule has 0 aliphatic carbocycles. The predicted molar refractivity (Wildman–Crippen MR) is 83.2 cm³/mol. The van der Waals surface area contributed by atoms with E-state index in [1.807, 2.05) is 36.1 Å². The van der Waals surface area contributed by atoms with Gasteiger partial charge >= 0.3 is 0 Å². The Kier molecular flexibility index (Phi) is 5.27. The summed E-state index contributed by atoms with van der Waals surface area (Å²) in [5, 5.41) is 18.8. The summed E-state index contributed by atoms with van der Waals surface area (Å²) in [5.41, 5.74) is -0.0244. The van der Waals surface area contributed by atoms with E-state index in [-0.39, 0.29) is 5.91 Å². The van der Waals surface area contributed by atoms with Gasteiger partial charge in [0, 0.05) is 18.0 Å². The minimum Gasteiger partial charge on any atom is -0.390 e. The van der Waals surface area contributed by atoms with Crippen LogP contribution in [0.3, 0.4) is 0 Å². The molecule has 1 aromatic carbocycles. The Hall–Kier alpha value is -1.51. The summed E-state index contributed by atoms with van der Waals surface area (Å²) in [4.78, 5) is 15.4. The van der Waals surface area contributed by atoms with E-state index >= 15 is 0 Å². The number of nitrogens with zero attached hydrogens (tertiary/aromatic N) is 2. The van der Waals surface area contributed by atoms with Crippen molar-refractivity contribution in [3.63, 3.8) is 0 Å². The maximum absolute atomic E-state index is 12.7. The summed E-state index contributed by atoms with van der Waals surface area (Å²) in [7, 11) is 0. The van der Waals surface area contributed by atoms with E-state index in [4.69, 9.17) is 5.26 Å². The van der Waals surface area contributed by atoms with E-state index in [2.05, 4.69) is 6.07 Å². The quantitative estimate of drug-likeness (QED) is 0.872. The molecule has 1 N–H and O–H groups in total. The van der Waals surface area contributed by atoms with Gasteiger partial charge < -0.3 is 10.0 Å². The van der Waals surface area contributed by atoms with Crippen LogP contribution in [-0.4, -0.2) is 40.4 Å². The van der Waals surface area contributed by atoms with Crippen molar-refractivity contribution in [2.24, 2.45) is 0 Å². The van der Waals surface area contributed by atoms with Crippen LogP contribution in [-0.2, 0) is 0 Å². The number of nitriles is 1. The molecule has 4 nitrogen and oxygen atoms in total. The second-order valence-electron chi connectivity index (χ2n) is 5.59. The second kappa shape index (κ2) is 6.97. The van der Waals surface area contributed by atoms with Gasteiger partial charge in [-0.3, -0.25) is 4.79 Å². The van der Waals surface area contributed by atoms with E-state index in [0.717, 1.165) is 17.7 Å². The summed E-state index contributed by atoms with van der Waals surface area (Å²) in [5.74, 6) is 0.327. The average molecular weight is 304 g/mol. The Morgan fingerprint density at radius 2 is 2.19 bits per heavy atom. The molecule has 112 valence electrons. The molecule has 1 aliphatic heterocycles. The van der Waals surface area contributed by atoms with Crippen molar-refractivity contribution in [3.8, 4) is 6.07 Å². The Balaban J connectivity index is 2.14. The molecule has 21 heavy (non-hydrogen) atoms. The van der Waals surface area contributed by atoms with Crippen molar-refractivity contribution < 1.29 is 9.90 Å². The van der Waals surface area contributed by atoms with Gasteiger partial charge in [0.05, 0.1) is 23.0 Å². The maximum atomic E-state index is 12.7. The molecular formula is C16H20N2O2S. The summed E-state index contributed by atoms with van der Waals surface area (Å²) < 4.78 is 0. The zero-order valence-electron chi connectivity index (χ0n) is 12.2. The molecule has 1 amide bonds. The van der Waals surface area contributed by atoms with Crippen LogP contribution >= 0.6 is 11.8 Å². The normalized spacial score (nSPS) is 22.4. The van der Waals surface area contributed by atoms with Crippen LogP contribution in [0, 0.1) is 11.3 Å². The summed E-state index contributed by atoms with van der Waals surface area (Å²) in [6, 6.07) is 9.50. The fourth-order valence-electron chi connectivity index (χ4n) is 2.52. The number of amides is 1. The van der Waals surface area contributed by atoms with Gasteiger partial charge in [0.25, 0.3) is 5.91 Å². The van der Waals surface area contributed by atoms with E-state index < -0.39 is 5.60 Å². The maximum Gasteiger partial charge on any atom is 0.254 e. The van der Waals surface area contributed by atoms with Crippen LogP contribution in [0.15, 0.2) is 29.2 Å². The number of likely N-dealkylation sites (tertiary alicyclic amines) is 1. The van der Waals surface area contributed by atoms with Crippen LogP contribution in [0.4, 0.5) is 0 Å². The second-order valence-corrected chi connectivity index (χ2v) is 6.60. The molecule has 2 rings (SSSR count). The minimum absolute atomic E-state index is 0.00580. The van der Waals surface area contributed by atoms with Crippen LogP contribution in [0.2, 0.25) is 0 Å². The van der Waals surface area contributed by atoms with Crippen LogP contribution in [0.1, 0.15) is 36.5 Å². The van der Waals surface area contributed by atoms with Gasteiger partial charge in [0.1, 0.15) is 0 Å². The Morgan fingerprint density at radius 1 is 1.43 bits per heavy atom. The topological polar surface area (TPSA) is 64.3 Å². The Bertz CT molecular complexity index is 551. The van der Waals surface area contributed by atoms with Gasteiger partial charge in [0.15, 0.2) is 0 Å². The highest BCUT2D eigenvalue weighted by molar-refractivity contribution is 7.99. The minimum atomic E-state index is -0.676. The smallest absolute Gasteiger partial charge is 0.254 e. The summed E-state index contributed by atoms with van der Waals surface area (Å²) >= 11 is 1.39. The third-order valence-electron chi connectivity index (χ3n) is 3.76. The zero-order chi connectivity index (χ0) is 15.3. The summed E-state index contributed by atoms with van der Waals surface area (Å²) in [6.07, 6.45) is 2.14. The van der Waals surface area contributed by atoms with E-state index in [9.17, 15) is 9.90 Å². The molecule has 1 saturated heterocycles. The first-order valence-electron chi connectivity index (χ1n) is 7.14. The van der Waals surface area contributed by atoms with Gasteiger partial charge in [-0.25, -0.2) is 0 Å². The first-order valence-corrected chi connectivity index (χ1v) is 8.12. The van der Waals surface area contributed by atoms with Crippen LogP contribution in [0.25, 0.3) is 0 Å². The fraction of sp³-hybridized carbons (Fsp3) is 0.500. The molecule has 5 heteroatoms. The highest BCUT2D eigenvalue weighted by atomic mass is 32.2. The third kappa shape index (κ3) is 4.23. The van der Waals surface area contributed by atoms with Gasteiger partial charge in [-0.2, -0.15) is 5.26 Å². The molecular weight excluding hydrogens is 284 g/mol. The number of hydrogen-bond acceptors (Lipinski definition) is 4. The monoisotopic (exact) mass is 304 g/mol. The van der Waals surface area contributed by atoms with E-state index in [0.29, 0.717) is 30.8 Å². The molecule has 0 bridgehead atoms. The molecule has 0 radical (unpaired) electrons. The van der Waals surface area contributed by atoms with Crippen molar-refractivity contribution in [2.45, 2.75) is 36.7 Å². The number of rotatable bonds is 3. The number of thioether (sulfide) groups is 1. The molecule has 1 aliphatic rings. The van der Waals surface area contributed by atoms with Gasteiger partial charge in [-0.15, -0.1) is 11.8 Å². The standard InChI is InChI=1S/C16H20N2O2S/c1-16(20)7-4-10-18(11-8-16)15(19)13-5-2-3-6-14(13)21-12-9-17/h2-3,5-6,20H,4,7-8,10-12H2,1H3. The van der Waals surface area contributed by atoms with Crippen LogP contribution < -0.4 is 0 Å². The van der Waals surface area contributed by atoms with E-state index in [1.165, 1.54) is 11.8 Å². The van der Waals surface area contributed by atoms with Crippen molar-refractivity contribution in [3.05, 3.63) is 29.8 Å². The van der Waals surface area contributed by atoms with Gasteiger partial charge in [-0.05, 0) is 38.3 Å². The summed E-state index contributed by atoms with van der Waals surface area (Å²) in [6.45, 7) is 3.08.